The smallest absolute Gasteiger partial charge is 0.0451 e. The summed E-state index contributed by atoms with van der Waals surface area (Å²) in [5.74, 6) is 0.949. The maximum Gasteiger partial charge on any atom is 0.0451 e. The van der Waals surface area contributed by atoms with Gasteiger partial charge >= 0.3 is 0 Å². The molecule has 0 bridgehead atoms. The summed E-state index contributed by atoms with van der Waals surface area (Å²) in [7, 11) is 0. The van der Waals surface area contributed by atoms with Gasteiger partial charge in [0.25, 0.3) is 0 Å². The third-order valence-corrected chi connectivity index (χ3v) is 5.81. The lowest BCUT2D eigenvalue weighted by Crippen LogP contribution is -1.99. The number of nitrogens with two attached hydrogens (primary N) is 1. The summed E-state index contributed by atoms with van der Waals surface area (Å²) in [6, 6.07) is 6.50. The molecule has 0 amide bonds. The van der Waals surface area contributed by atoms with Gasteiger partial charge < -0.3 is 5.73 Å². The first-order chi connectivity index (χ1) is 14.5. The van der Waals surface area contributed by atoms with E-state index in [4.69, 9.17) is 5.73 Å². The minimum atomic E-state index is 0.949. The molecule has 0 spiro atoms. The molecule has 2 nitrogen and oxygen atoms in total. The van der Waals surface area contributed by atoms with E-state index < -0.39 is 0 Å². The molecule has 0 saturated carbocycles. The first-order valence-corrected chi connectivity index (χ1v) is 12.1. The van der Waals surface area contributed by atoms with Gasteiger partial charge in [-0.1, -0.05) is 85.1 Å². The molecule has 1 aliphatic rings. The van der Waals surface area contributed by atoms with Crippen molar-refractivity contribution < 1.29 is 0 Å². The van der Waals surface area contributed by atoms with Gasteiger partial charge in [-0.2, -0.15) is 0 Å². The highest BCUT2D eigenvalue weighted by atomic mass is 14.7. The second-order valence-corrected chi connectivity index (χ2v) is 7.99. The summed E-state index contributed by atoms with van der Waals surface area (Å²) < 4.78 is 0. The van der Waals surface area contributed by atoms with E-state index in [1.807, 2.05) is 20.0 Å². The SMILES string of the molecule is CC.CC/C=C\c1c(-c2ccc3c(c2N)CCC3)ccnc1C.CCCC(C)CC. The summed E-state index contributed by atoms with van der Waals surface area (Å²) in [5.41, 5.74) is 14.8. The number of hydrogen-bond acceptors (Lipinski definition) is 2. The Morgan fingerprint density at radius 3 is 2.40 bits per heavy atom. The zero-order valence-electron chi connectivity index (χ0n) is 20.5. The van der Waals surface area contributed by atoms with E-state index in [9.17, 15) is 0 Å². The van der Waals surface area contributed by atoms with Crippen LogP contribution in [0, 0.1) is 12.8 Å². The molecule has 166 valence electrons. The normalized spacial score (nSPS) is 13.2. The molecule has 0 saturated heterocycles. The highest BCUT2D eigenvalue weighted by molar-refractivity contribution is 5.85. The lowest BCUT2D eigenvalue weighted by atomic mass is 9.94. The molecule has 3 rings (SSSR count). The Kier molecular flexibility index (Phi) is 12.1. The number of hydrogen-bond donors (Lipinski definition) is 1. The number of nitrogen functional groups attached to an aromatic ring is 1. The van der Waals surface area contributed by atoms with Crippen LogP contribution in [-0.4, -0.2) is 4.98 Å². The van der Waals surface area contributed by atoms with Crippen molar-refractivity contribution in [2.75, 3.05) is 5.73 Å². The number of allylic oxidation sites excluding steroid dienone is 1. The fourth-order valence-corrected chi connectivity index (χ4v) is 3.89. The molecule has 30 heavy (non-hydrogen) atoms. The average Bonchev–Trinajstić information content (AvgIpc) is 3.25. The third-order valence-electron chi connectivity index (χ3n) is 5.81. The molecule has 2 heteroatoms. The van der Waals surface area contributed by atoms with Gasteiger partial charge in [0.2, 0.25) is 0 Å². The lowest BCUT2D eigenvalue weighted by molar-refractivity contribution is 0.509. The summed E-state index contributed by atoms with van der Waals surface area (Å²) in [6.45, 7) is 15.0. The molecule has 1 aliphatic carbocycles. The van der Waals surface area contributed by atoms with E-state index in [-0.39, 0.29) is 0 Å². The summed E-state index contributed by atoms with van der Waals surface area (Å²) >= 11 is 0. The van der Waals surface area contributed by atoms with Crippen molar-refractivity contribution in [2.24, 2.45) is 5.92 Å². The van der Waals surface area contributed by atoms with Crippen LogP contribution in [0.1, 0.15) is 96.0 Å². The molecule has 1 aromatic carbocycles. The van der Waals surface area contributed by atoms with Crippen molar-refractivity contribution in [1.29, 1.82) is 0 Å². The van der Waals surface area contributed by atoms with Gasteiger partial charge in [0.1, 0.15) is 0 Å². The Labute approximate surface area is 186 Å². The van der Waals surface area contributed by atoms with Gasteiger partial charge in [-0.15, -0.1) is 0 Å². The van der Waals surface area contributed by atoms with Crippen LogP contribution in [0.15, 0.2) is 30.5 Å². The zero-order valence-corrected chi connectivity index (χ0v) is 20.5. The number of nitrogens with zero attached hydrogens (tertiary/aromatic N) is 1. The van der Waals surface area contributed by atoms with Crippen molar-refractivity contribution in [3.63, 3.8) is 0 Å². The first kappa shape index (κ1) is 25.9. The maximum absolute atomic E-state index is 6.47. The van der Waals surface area contributed by atoms with Gasteiger partial charge in [-0.25, -0.2) is 0 Å². The van der Waals surface area contributed by atoms with E-state index in [0.29, 0.717) is 0 Å². The molecule has 1 aromatic heterocycles. The van der Waals surface area contributed by atoms with Crippen molar-refractivity contribution in [1.82, 2.24) is 4.98 Å². The van der Waals surface area contributed by atoms with Crippen molar-refractivity contribution in [2.45, 2.75) is 93.4 Å². The second-order valence-electron chi connectivity index (χ2n) is 7.99. The molecule has 2 N–H and O–H groups in total. The van der Waals surface area contributed by atoms with Gasteiger partial charge in [0, 0.05) is 28.7 Å². The number of pyridine rings is 1. The van der Waals surface area contributed by atoms with Gasteiger partial charge in [-0.3, -0.25) is 4.98 Å². The molecular weight excluding hydrogens is 364 g/mol. The van der Waals surface area contributed by atoms with Crippen molar-refractivity contribution >= 4 is 11.8 Å². The predicted molar refractivity (Wildman–Crippen MR) is 136 cm³/mol. The number of fused-ring (bicyclic) bond motifs is 1. The second kappa shape index (κ2) is 14.0. The Hall–Kier alpha value is -2.09. The molecular formula is C28H44N2. The van der Waals surface area contributed by atoms with Crippen LogP contribution in [0.25, 0.3) is 17.2 Å². The Morgan fingerprint density at radius 2 is 1.80 bits per heavy atom. The zero-order chi connectivity index (χ0) is 22.5. The lowest BCUT2D eigenvalue weighted by Gasteiger charge is -2.14. The third kappa shape index (κ3) is 7.00. The number of aromatic nitrogens is 1. The molecule has 0 fully saturated rings. The van der Waals surface area contributed by atoms with Crippen LogP contribution in [0.3, 0.4) is 0 Å². The number of benzene rings is 1. The highest BCUT2D eigenvalue weighted by Crippen LogP contribution is 2.37. The predicted octanol–water partition coefficient (Wildman–Crippen LogP) is 8.41. The van der Waals surface area contributed by atoms with Crippen LogP contribution < -0.4 is 5.73 Å². The largest absolute Gasteiger partial charge is 0.398 e. The summed E-state index contributed by atoms with van der Waals surface area (Å²) in [4.78, 5) is 4.43. The minimum Gasteiger partial charge on any atom is -0.398 e. The van der Waals surface area contributed by atoms with Crippen LogP contribution in [0.2, 0.25) is 0 Å². The molecule has 1 unspecified atom stereocenters. The molecule has 0 radical (unpaired) electrons. The van der Waals surface area contributed by atoms with E-state index in [0.717, 1.165) is 42.1 Å². The minimum absolute atomic E-state index is 0.949. The number of rotatable bonds is 6. The standard InChI is InChI=1S/C19H22N2.C7H16.C2H6/c1-3-4-7-15-13(2)21-12-11-17(15)18-10-9-14-6-5-8-16(14)19(18)20;1-4-6-7(3)5-2;1-2/h4,7,9-12H,3,5-6,8,20H2,1-2H3;7H,4-6H2,1-3H3;1-2H3/b7-4-;;. The maximum atomic E-state index is 6.47. The molecule has 0 aliphatic heterocycles. The Bertz CT molecular complexity index is 789. The number of aryl methyl sites for hydroxylation is 2. The van der Waals surface area contributed by atoms with E-state index in [1.54, 1.807) is 0 Å². The van der Waals surface area contributed by atoms with Gasteiger partial charge in [-0.05, 0) is 61.3 Å². The quantitative estimate of drug-likeness (QED) is 0.487. The van der Waals surface area contributed by atoms with E-state index >= 15 is 0 Å². The average molecular weight is 409 g/mol. The first-order valence-electron chi connectivity index (χ1n) is 12.1. The van der Waals surface area contributed by atoms with Crippen molar-refractivity contribution in [3.8, 4) is 11.1 Å². The van der Waals surface area contributed by atoms with E-state index in [2.05, 4.69) is 70.0 Å². The summed E-state index contributed by atoms with van der Waals surface area (Å²) in [5, 5.41) is 0. The van der Waals surface area contributed by atoms with Crippen LogP contribution >= 0.6 is 0 Å². The van der Waals surface area contributed by atoms with Gasteiger partial charge in [0.05, 0.1) is 0 Å². The van der Waals surface area contributed by atoms with Crippen molar-refractivity contribution in [3.05, 3.63) is 52.9 Å². The monoisotopic (exact) mass is 408 g/mol. The fraction of sp³-hybridized carbons (Fsp3) is 0.536. The topological polar surface area (TPSA) is 38.9 Å². The van der Waals surface area contributed by atoms with Crippen LogP contribution in [0.4, 0.5) is 5.69 Å². The molecule has 1 atom stereocenters. The number of anilines is 1. The van der Waals surface area contributed by atoms with Gasteiger partial charge in [0.15, 0.2) is 0 Å². The fourth-order valence-electron chi connectivity index (χ4n) is 3.89. The molecule has 2 aromatic rings. The molecule has 1 heterocycles. The highest BCUT2D eigenvalue weighted by Gasteiger charge is 2.18. The van der Waals surface area contributed by atoms with E-state index in [1.165, 1.54) is 47.9 Å². The Morgan fingerprint density at radius 1 is 1.07 bits per heavy atom. The Balaban J connectivity index is 0.000000428. The van der Waals surface area contributed by atoms with Crippen LogP contribution in [0.5, 0.6) is 0 Å². The summed E-state index contributed by atoms with van der Waals surface area (Å²) in [6.07, 6.45) is 14.8. The van der Waals surface area contributed by atoms with Crippen LogP contribution in [-0.2, 0) is 12.8 Å².